The van der Waals surface area contributed by atoms with E-state index < -0.39 is 6.04 Å². The summed E-state index contributed by atoms with van der Waals surface area (Å²) >= 11 is 0. The highest BCUT2D eigenvalue weighted by Gasteiger charge is 2.22. The first kappa shape index (κ1) is 22.1. The summed E-state index contributed by atoms with van der Waals surface area (Å²) in [5.41, 5.74) is 1.75. The van der Waals surface area contributed by atoms with E-state index in [1.165, 1.54) is 0 Å². The standard InChI is InChI=1S/C25H26N4O4/c1-29-12-11-26-25(29)24(18-13-19(31-2)15-20(14-18)32-3)28-22(30)9-10-23-27-16-21(33-23)17-7-5-4-6-8-17/h4-8,11-16,24H,9-10H2,1-3H3,(H,28,30). The second kappa shape index (κ2) is 10.0. The summed E-state index contributed by atoms with van der Waals surface area (Å²) in [4.78, 5) is 21.7. The van der Waals surface area contributed by atoms with E-state index in [2.05, 4.69) is 15.3 Å². The predicted octanol–water partition coefficient (Wildman–Crippen LogP) is 3.93. The second-order valence-electron chi connectivity index (χ2n) is 7.53. The van der Waals surface area contributed by atoms with Crippen molar-refractivity contribution in [2.24, 2.45) is 7.05 Å². The van der Waals surface area contributed by atoms with Gasteiger partial charge in [-0.1, -0.05) is 30.3 Å². The van der Waals surface area contributed by atoms with Crippen molar-refractivity contribution < 1.29 is 18.7 Å². The molecule has 2 aromatic heterocycles. The lowest BCUT2D eigenvalue weighted by molar-refractivity contribution is -0.121. The molecule has 170 valence electrons. The van der Waals surface area contributed by atoms with Crippen LogP contribution < -0.4 is 14.8 Å². The summed E-state index contributed by atoms with van der Waals surface area (Å²) in [6, 6.07) is 14.8. The van der Waals surface area contributed by atoms with Crippen molar-refractivity contribution in [2.45, 2.75) is 18.9 Å². The normalized spacial score (nSPS) is 11.7. The Labute approximate surface area is 192 Å². The van der Waals surface area contributed by atoms with Gasteiger partial charge >= 0.3 is 0 Å². The molecule has 0 bridgehead atoms. The molecular formula is C25H26N4O4. The number of hydrogen-bond acceptors (Lipinski definition) is 6. The first-order valence-electron chi connectivity index (χ1n) is 10.6. The summed E-state index contributed by atoms with van der Waals surface area (Å²) in [6.45, 7) is 0. The molecule has 0 aliphatic carbocycles. The maximum absolute atomic E-state index is 12.9. The van der Waals surface area contributed by atoms with Crippen LogP contribution in [0.2, 0.25) is 0 Å². The number of oxazole rings is 1. The Morgan fingerprint density at radius 1 is 1.09 bits per heavy atom. The Kier molecular flexibility index (Phi) is 6.73. The van der Waals surface area contributed by atoms with Crippen LogP contribution in [0.15, 0.2) is 71.5 Å². The molecule has 8 nitrogen and oxygen atoms in total. The van der Waals surface area contributed by atoms with Crippen molar-refractivity contribution in [1.29, 1.82) is 0 Å². The van der Waals surface area contributed by atoms with Gasteiger partial charge in [0.1, 0.15) is 23.4 Å². The maximum atomic E-state index is 12.9. The topological polar surface area (TPSA) is 91.4 Å². The van der Waals surface area contributed by atoms with Crippen LogP contribution in [0, 0.1) is 0 Å². The van der Waals surface area contributed by atoms with Gasteiger partial charge in [0.2, 0.25) is 5.91 Å². The molecule has 4 rings (SSSR count). The quantitative estimate of drug-likeness (QED) is 0.419. The summed E-state index contributed by atoms with van der Waals surface area (Å²) < 4.78 is 18.5. The van der Waals surface area contributed by atoms with Crippen LogP contribution in [0.3, 0.4) is 0 Å². The molecule has 2 aromatic carbocycles. The molecule has 8 heteroatoms. The third kappa shape index (κ3) is 5.23. The molecule has 1 atom stereocenters. The van der Waals surface area contributed by atoms with Crippen molar-refractivity contribution in [3.8, 4) is 22.8 Å². The van der Waals surface area contributed by atoms with Gasteiger partial charge in [0.15, 0.2) is 11.7 Å². The first-order chi connectivity index (χ1) is 16.1. The number of aryl methyl sites for hydroxylation is 2. The van der Waals surface area contributed by atoms with Crippen molar-refractivity contribution >= 4 is 5.91 Å². The van der Waals surface area contributed by atoms with Gasteiger partial charge in [0.25, 0.3) is 0 Å². The van der Waals surface area contributed by atoms with Crippen molar-refractivity contribution in [3.05, 3.63) is 84.4 Å². The van der Waals surface area contributed by atoms with E-state index in [1.54, 1.807) is 32.7 Å². The van der Waals surface area contributed by atoms with Crippen LogP contribution in [0.5, 0.6) is 11.5 Å². The molecule has 0 aliphatic heterocycles. The highest BCUT2D eigenvalue weighted by molar-refractivity contribution is 5.77. The minimum atomic E-state index is -0.481. The lowest BCUT2D eigenvalue weighted by atomic mass is 10.0. The summed E-state index contributed by atoms with van der Waals surface area (Å²) in [5.74, 6) is 3.00. The van der Waals surface area contributed by atoms with Crippen LogP contribution in [0.25, 0.3) is 11.3 Å². The molecule has 1 unspecified atom stereocenters. The fourth-order valence-corrected chi connectivity index (χ4v) is 3.56. The average molecular weight is 447 g/mol. The first-order valence-corrected chi connectivity index (χ1v) is 10.6. The number of nitrogens with zero attached hydrogens (tertiary/aromatic N) is 3. The number of aromatic nitrogens is 3. The van der Waals surface area contributed by atoms with Gasteiger partial charge in [0.05, 0.1) is 20.4 Å². The number of methoxy groups -OCH3 is 2. The highest BCUT2D eigenvalue weighted by Crippen LogP contribution is 2.29. The Hall–Kier alpha value is -4.07. The van der Waals surface area contributed by atoms with Crippen LogP contribution >= 0.6 is 0 Å². The zero-order chi connectivity index (χ0) is 23.2. The summed E-state index contributed by atoms with van der Waals surface area (Å²) in [6.07, 6.45) is 5.82. The number of amides is 1. The number of rotatable bonds is 9. The van der Waals surface area contributed by atoms with Crippen LogP contribution in [0.1, 0.15) is 29.7 Å². The molecule has 0 spiro atoms. The number of nitrogens with one attached hydrogen (secondary N) is 1. The molecular weight excluding hydrogens is 420 g/mol. The van der Waals surface area contributed by atoms with Crippen LogP contribution in [-0.4, -0.2) is 34.7 Å². The van der Waals surface area contributed by atoms with E-state index in [1.807, 2.05) is 60.3 Å². The molecule has 33 heavy (non-hydrogen) atoms. The lowest BCUT2D eigenvalue weighted by Gasteiger charge is -2.20. The number of hydrogen-bond donors (Lipinski definition) is 1. The van der Waals surface area contributed by atoms with Crippen LogP contribution in [-0.2, 0) is 18.3 Å². The van der Waals surface area contributed by atoms with E-state index in [9.17, 15) is 4.79 Å². The van der Waals surface area contributed by atoms with Gasteiger partial charge in [-0.15, -0.1) is 0 Å². The number of imidazole rings is 1. The number of carbonyl (C=O) groups excluding carboxylic acids is 1. The molecule has 2 heterocycles. The predicted molar refractivity (Wildman–Crippen MR) is 123 cm³/mol. The lowest BCUT2D eigenvalue weighted by Crippen LogP contribution is -2.31. The third-order valence-electron chi connectivity index (χ3n) is 5.31. The summed E-state index contributed by atoms with van der Waals surface area (Å²) in [5, 5.41) is 3.09. The molecule has 4 aromatic rings. The Morgan fingerprint density at radius 3 is 2.45 bits per heavy atom. The fraction of sp³-hybridized carbons (Fsp3) is 0.240. The van der Waals surface area contributed by atoms with E-state index in [4.69, 9.17) is 13.9 Å². The molecule has 0 aliphatic rings. The Morgan fingerprint density at radius 2 is 1.82 bits per heavy atom. The minimum Gasteiger partial charge on any atom is -0.497 e. The summed E-state index contributed by atoms with van der Waals surface area (Å²) in [7, 11) is 5.07. The fourth-order valence-electron chi connectivity index (χ4n) is 3.56. The third-order valence-corrected chi connectivity index (χ3v) is 5.31. The molecule has 0 saturated heterocycles. The van der Waals surface area contributed by atoms with E-state index in [0.717, 1.165) is 11.1 Å². The zero-order valence-corrected chi connectivity index (χ0v) is 18.8. The Balaban J connectivity index is 1.50. The van der Waals surface area contributed by atoms with Crippen molar-refractivity contribution in [3.63, 3.8) is 0 Å². The molecule has 0 fully saturated rings. The molecule has 0 radical (unpaired) electrons. The smallest absolute Gasteiger partial charge is 0.221 e. The van der Waals surface area contributed by atoms with Gasteiger partial charge in [-0.3, -0.25) is 4.79 Å². The Bertz CT molecular complexity index is 1190. The van der Waals surface area contributed by atoms with E-state index in [0.29, 0.717) is 35.4 Å². The van der Waals surface area contributed by atoms with Gasteiger partial charge in [-0.05, 0) is 17.7 Å². The largest absolute Gasteiger partial charge is 0.497 e. The monoisotopic (exact) mass is 446 g/mol. The highest BCUT2D eigenvalue weighted by atomic mass is 16.5. The molecule has 1 N–H and O–H groups in total. The second-order valence-corrected chi connectivity index (χ2v) is 7.53. The average Bonchev–Trinajstić information content (AvgIpc) is 3.50. The van der Waals surface area contributed by atoms with Crippen LogP contribution in [0.4, 0.5) is 0 Å². The molecule has 0 saturated carbocycles. The van der Waals surface area contributed by atoms with Crippen molar-refractivity contribution in [2.75, 3.05) is 14.2 Å². The van der Waals surface area contributed by atoms with Gasteiger partial charge in [-0.2, -0.15) is 0 Å². The molecule has 1 amide bonds. The zero-order valence-electron chi connectivity index (χ0n) is 18.8. The number of ether oxygens (including phenoxy) is 2. The number of carbonyl (C=O) groups is 1. The van der Waals surface area contributed by atoms with Gasteiger partial charge < -0.3 is 23.8 Å². The van der Waals surface area contributed by atoms with Crippen molar-refractivity contribution in [1.82, 2.24) is 19.9 Å². The van der Waals surface area contributed by atoms with E-state index >= 15 is 0 Å². The number of benzene rings is 2. The van der Waals surface area contributed by atoms with E-state index in [-0.39, 0.29) is 12.3 Å². The van der Waals surface area contributed by atoms with Gasteiger partial charge in [0, 0.05) is 43.9 Å². The maximum Gasteiger partial charge on any atom is 0.221 e. The SMILES string of the molecule is COc1cc(OC)cc(C(NC(=O)CCc2ncc(-c3ccccc3)o2)c2nccn2C)c1. The van der Waals surface area contributed by atoms with Gasteiger partial charge in [-0.25, -0.2) is 9.97 Å². The minimum absolute atomic E-state index is 0.149.